The minimum atomic E-state index is -1.19. The lowest BCUT2D eigenvalue weighted by atomic mass is 10.1. The second kappa shape index (κ2) is 12.1. The SMILES string of the molecule is O=C(COc1ccc2c(OCC(=O)N[C@@H](CS)C(=O)O)cccc2c1)N[C@@H](CS)C(=O)O. The van der Waals surface area contributed by atoms with Crippen molar-refractivity contribution in [3.63, 3.8) is 0 Å². The zero-order valence-corrected chi connectivity index (χ0v) is 18.5. The summed E-state index contributed by atoms with van der Waals surface area (Å²) in [5, 5.41) is 23.9. The average Bonchev–Trinajstić information content (AvgIpc) is 2.77. The average molecular weight is 483 g/mol. The first kappa shape index (κ1) is 25.1. The largest absolute Gasteiger partial charge is 0.484 e. The van der Waals surface area contributed by atoms with Crippen LogP contribution in [-0.4, -0.2) is 70.8 Å². The van der Waals surface area contributed by atoms with Crippen molar-refractivity contribution in [1.82, 2.24) is 10.6 Å². The summed E-state index contributed by atoms with van der Waals surface area (Å²) in [5.41, 5.74) is 0. The lowest BCUT2D eigenvalue weighted by molar-refractivity contribution is -0.141. The first-order valence-corrected chi connectivity index (χ1v) is 10.6. The quantitative estimate of drug-likeness (QED) is 0.241. The summed E-state index contributed by atoms with van der Waals surface area (Å²) in [5.74, 6) is -2.92. The van der Waals surface area contributed by atoms with E-state index in [9.17, 15) is 19.2 Å². The van der Waals surface area contributed by atoms with Crippen molar-refractivity contribution in [2.24, 2.45) is 0 Å². The van der Waals surface area contributed by atoms with E-state index in [1.54, 1.807) is 36.4 Å². The van der Waals surface area contributed by atoms with Gasteiger partial charge in [-0.05, 0) is 29.7 Å². The van der Waals surface area contributed by atoms with Gasteiger partial charge in [0.25, 0.3) is 11.8 Å². The summed E-state index contributed by atoms with van der Waals surface area (Å²) in [6.07, 6.45) is 0. The second-order valence-corrected chi connectivity index (χ2v) is 7.23. The number of rotatable bonds is 12. The lowest BCUT2D eigenvalue weighted by Crippen LogP contribution is -2.44. The Balaban J connectivity index is 1.99. The summed E-state index contributed by atoms with van der Waals surface area (Å²) in [6, 6.07) is 7.83. The third-order valence-corrected chi connectivity index (χ3v) is 4.90. The summed E-state index contributed by atoms with van der Waals surface area (Å²) in [4.78, 5) is 45.7. The van der Waals surface area contributed by atoms with Gasteiger partial charge < -0.3 is 30.3 Å². The van der Waals surface area contributed by atoms with Gasteiger partial charge in [-0.25, -0.2) is 9.59 Å². The van der Waals surface area contributed by atoms with Crippen LogP contribution < -0.4 is 20.1 Å². The smallest absolute Gasteiger partial charge is 0.327 e. The van der Waals surface area contributed by atoms with Crippen LogP contribution in [0.15, 0.2) is 36.4 Å². The maximum Gasteiger partial charge on any atom is 0.327 e. The highest BCUT2D eigenvalue weighted by Crippen LogP contribution is 2.28. The molecule has 0 saturated carbocycles. The topological polar surface area (TPSA) is 151 Å². The molecule has 12 heteroatoms. The zero-order valence-electron chi connectivity index (χ0n) is 16.7. The highest BCUT2D eigenvalue weighted by molar-refractivity contribution is 7.80. The molecule has 2 aromatic carbocycles. The molecule has 0 unspecified atom stereocenters. The molecule has 0 aliphatic heterocycles. The Bertz CT molecular complexity index is 1000. The van der Waals surface area contributed by atoms with E-state index < -0.39 is 35.8 Å². The minimum absolute atomic E-state index is 0.0521. The standard InChI is InChI=1S/C20H22N2O8S2/c23-17(21-14(9-31)19(25)26)7-29-12-4-5-13-11(6-12)2-1-3-16(13)30-8-18(24)22-15(10-32)20(27)28/h1-6,14-15,31-32H,7-10H2,(H,21,23)(H,22,24)(H,25,26)(H,27,28)/t14-,15-/m0/s1. The van der Waals surface area contributed by atoms with Gasteiger partial charge in [0.1, 0.15) is 23.6 Å². The van der Waals surface area contributed by atoms with E-state index in [0.29, 0.717) is 22.3 Å². The van der Waals surface area contributed by atoms with Crippen molar-refractivity contribution < 1.29 is 38.9 Å². The maximum absolute atomic E-state index is 11.9. The molecule has 172 valence electrons. The molecule has 0 spiro atoms. The van der Waals surface area contributed by atoms with Gasteiger partial charge in [0.15, 0.2) is 13.2 Å². The molecule has 0 aliphatic rings. The van der Waals surface area contributed by atoms with Gasteiger partial charge in [-0.1, -0.05) is 12.1 Å². The Kier molecular flexibility index (Phi) is 9.47. The van der Waals surface area contributed by atoms with Crippen LogP contribution in [-0.2, 0) is 19.2 Å². The number of amides is 2. The molecule has 2 amide bonds. The Labute approximate surface area is 194 Å². The van der Waals surface area contributed by atoms with Crippen LogP contribution in [0, 0.1) is 0 Å². The first-order valence-electron chi connectivity index (χ1n) is 9.29. The van der Waals surface area contributed by atoms with Gasteiger partial charge in [0.2, 0.25) is 0 Å². The monoisotopic (exact) mass is 482 g/mol. The third-order valence-electron chi connectivity index (χ3n) is 4.17. The molecule has 2 aromatic rings. The highest BCUT2D eigenvalue weighted by Gasteiger charge is 2.19. The molecule has 0 radical (unpaired) electrons. The van der Waals surface area contributed by atoms with Gasteiger partial charge in [0, 0.05) is 16.9 Å². The number of carboxylic acids is 2. The number of carbonyl (C=O) groups is 4. The minimum Gasteiger partial charge on any atom is -0.484 e. The molecule has 0 saturated heterocycles. The fraction of sp³-hybridized carbons (Fsp3) is 0.300. The molecule has 0 aromatic heterocycles. The van der Waals surface area contributed by atoms with Gasteiger partial charge in [-0.2, -0.15) is 25.3 Å². The van der Waals surface area contributed by atoms with Crippen LogP contribution in [0.1, 0.15) is 0 Å². The van der Waals surface area contributed by atoms with E-state index in [1.165, 1.54) is 0 Å². The van der Waals surface area contributed by atoms with Crippen LogP contribution in [0.4, 0.5) is 0 Å². The van der Waals surface area contributed by atoms with Gasteiger partial charge >= 0.3 is 11.9 Å². The van der Waals surface area contributed by atoms with Gasteiger partial charge in [0.05, 0.1) is 0 Å². The van der Waals surface area contributed by atoms with Crippen LogP contribution in [0.5, 0.6) is 11.5 Å². The third kappa shape index (κ3) is 7.24. The summed E-state index contributed by atoms with van der Waals surface area (Å²) in [6.45, 7) is -0.764. The molecule has 10 nitrogen and oxygen atoms in total. The van der Waals surface area contributed by atoms with Crippen molar-refractivity contribution in [2.45, 2.75) is 12.1 Å². The number of carboxylic acid groups (broad SMARTS) is 2. The summed E-state index contributed by atoms with van der Waals surface area (Å²) >= 11 is 7.76. The van der Waals surface area contributed by atoms with Crippen LogP contribution in [0.3, 0.4) is 0 Å². The number of nitrogens with one attached hydrogen (secondary N) is 2. The fourth-order valence-corrected chi connectivity index (χ4v) is 3.08. The number of benzene rings is 2. The number of hydrogen-bond acceptors (Lipinski definition) is 8. The van der Waals surface area contributed by atoms with Crippen LogP contribution in [0.25, 0.3) is 10.8 Å². The molecule has 0 aliphatic carbocycles. The van der Waals surface area contributed by atoms with E-state index in [2.05, 4.69) is 35.9 Å². The van der Waals surface area contributed by atoms with Crippen LogP contribution >= 0.6 is 25.3 Å². The maximum atomic E-state index is 11.9. The molecular weight excluding hydrogens is 460 g/mol. The first-order chi connectivity index (χ1) is 15.2. The zero-order chi connectivity index (χ0) is 23.7. The molecule has 0 fully saturated rings. The number of ether oxygens (including phenoxy) is 2. The molecule has 32 heavy (non-hydrogen) atoms. The number of hydrogen-bond donors (Lipinski definition) is 6. The molecule has 0 bridgehead atoms. The predicted molar refractivity (Wildman–Crippen MR) is 122 cm³/mol. The van der Waals surface area contributed by atoms with Gasteiger partial charge in [-0.3, -0.25) is 9.59 Å². The molecule has 2 atom stereocenters. The number of fused-ring (bicyclic) bond motifs is 1. The molecule has 0 heterocycles. The van der Waals surface area contributed by atoms with E-state index in [0.717, 1.165) is 0 Å². The van der Waals surface area contributed by atoms with Crippen molar-refractivity contribution in [2.75, 3.05) is 24.7 Å². The molecule has 2 rings (SSSR count). The molecule has 4 N–H and O–H groups in total. The van der Waals surface area contributed by atoms with E-state index >= 15 is 0 Å². The van der Waals surface area contributed by atoms with E-state index in [-0.39, 0.29) is 24.7 Å². The van der Waals surface area contributed by atoms with E-state index in [1.807, 2.05) is 0 Å². The second-order valence-electron chi connectivity index (χ2n) is 6.50. The predicted octanol–water partition coefficient (Wildman–Crippen LogP) is 0.596. The molecular formula is C20H22N2O8S2. The fourth-order valence-electron chi connectivity index (χ4n) is 2.58. The van der Waals surface area contributed by atoms with Crippen molar-refractivity contribution >= 4 is 59.8 Å². The Morgan fingerprint density at radius 2 is 1.41 bits per heavy atom. The summed E-state index contributed by atoms with van der Waals surface area (Å²) in [7, 11) is 0. The number of aliphatic carboxylic acids is 2. The number of thiol groups is 2. The van der Waals surface area contributed by atoms with Gasteiger partial charge in [-0.15, -0.1) is 0 Å². The van der Waals surface area contributed by atoms with Crippen molar-refractivity contribution in [1.29, 1.82) is 0 Å². The Morgan fingerprint density at radius 1 is 0.844 bits per heavy atom. The Hall–Kier alpha value is -3.12. The van der Waals surface area contributed by atoms with Crippen molar-refractivity contribution in [3.8, 4) is 11.5 Å². The van der Waals surface area contributed by atoms with E-state index in [4.69, 9.17) is 19.7 Å². The highest BCUT2D eigenvalue weighted by atomic mass is 32.1. The lowest BCUT2D eigenvalue weighted by Gasteiger charge is -2.14. The number of carbonyl (C=O) groups excluding carboxylic acids is 2. The van der Waals surface area contributed by atoms with Crippen molar-refractivity contribution in [3.05, 3.63) is 36.4 Å². The Morgan fingerprint density at radius 3 is 1.94 bits per heavy atom. The normalized spacial score (nSPS) is 12.4. The summed E-state index contributed by atoms with van der Waals surface area (Å²) < 4.78 is 10.9. The van der Waals surface area contributed by atoms with Crippen LogP contribution in [0.2, 0.25) is 0 Å².